The molecule has 1 atom stereocenters. The SMILES string of the molecule is C[C@@H](Cn1ccc(-c2ccc(C#N)c(Cl)c2)n1)NC(=O)c1nc(-c2cccnc2)no1. The number of halogens is 1. The highest BCUT2D eigenvalue weighted by molar-refractivity contribution is 6.32. The number of rotatable bonds is 6. The largest absolute Gasteiger partial charge is 0.344 e. The Balaban J connectivity index is 1.39. The van der Waals surface area contributed by atoms with E-state index in [9.17, 15) is 4.79 Å². The van der Waals surface area contributed by atoms with Crippen molar-refractivity contribution in [1.29, 1.82) is 5.26 Å². The Kier molecular flexibility index (Phi) is 5.73. The van der Waals surface area contributed by atoms with Crippen LogP contribution in [0.1, 0.15) is 23.2 Å². The van der Waals surface area contributed by atoms with E-state index in [1.165, 1.54) is 0 Å². The molecule has 10 heteroatoms. The first kappa shape index (κ1) is 20.3. The molecule has 1 amide bonds. The summed E-state index contributed by atoms with van der Waals surface area (Å²) in [6.45, 7) is 2.27. The molecule has 0 aliphatic carbocycles. The highest BCUT2D eigenvalue weighted by atomic mass is 35.5. The predicted octanol–water partition coefficient (Wildman–Crippen LogP) is 3.34. The lowest BCUT2D eigenvalue weighted by atomic mass is 10.1. The molecule has 4 rings (SSSR count). The van der Waals surface area contributed by atoms with Crippen molar-refractivity contribution < 1.29 is 9.32 Å². The van der Waals surface area contributed by atoms with Crippen LogP contribution in [0.3, 0.4) is 0 Å². The number of nitrogens with zero attached hydrogens (tertiary/aromatic N) is 6. The van der Waals surface area contributed by atoms with Crippen LogP contribution in [0.5, 0.6) is 0 Å². The van der Waals surface area contributed by atoms with Crippen LogP contribution < -0.4 is 5.32 Å². The smallest absolute Gasteiger partial charge is 0.316 e. The highest BCUT2D eigenvalue weighted by Gasteiger charge is 2.18. The lowest BCUT2D eigenvalue weighted by molar-refractivity contribution is 0.0891. The summed E-state index contributed by atoms with van der Waals surface area (Å²) in [5, 5.41) is 20.5. The van der Waals surface area contributed by atoms with Crippen LogP contribution in [0.4, 0.5) is 0 Å². The van der Waals surface area contributed by atoms with Gasteiger partial charge in [0.1, 0.15) is 6.07 Å². The standard InChI is InChI=1S/C21H16ClN7O2/c1-13(25-20(30)21-26-19(28-31-21)16-3-2-7-24-11-16)12-29-8-6-18(27-29)14-4-5-15(10-23)17(22)9-14/h2-9,11,13H,12H2,1H3,(H,25,30)/t13-/m0/s1. The zero-order chi connectivity index (χ0) is 21.8. The third kappa shape index (κ3) is 4.60. The van der Waals surface area contributed by atoms with Gasteiger partial charge in [-0.25, -0.2) is 0 Å². The Bertz CT molecular complexity index is 1260. The average Bonchev–Trinajstić information content (AvgIpc) is 3.44. The molecule has 3 heterocycles. The number of carbonyl (C=O) groups excluding carboxylic acids is 1. The van der Waals surface area contributed by atoms with Gasteiger partial charge in [-0.3, -0.25) is 14.5 Å². The van der Waals surface area contributed by atoms with Gasteiger partial charge < -0.3 is 9.84 Å². The van der Waals surface area contributed by atoms with Gasteiger partial charge in [-0.15, -0.1) is 0 Å². The first-order valence-corrected chi connectivity index (χ1v) is 9.69. The van der Waals surface area contributed by atoms with E-state index in [1.807, 2.05) is 19.1 Å². The Hall–Kier alpha value is -4.03. The van der Waals surface area contributed by atoms with Gasteiger partial charge >= 0.3 is 11.8 Å². The molecule has 0 bridgehead atoms. The number of nitrogens with one attached hydrogen (secondary N) is 1. The van der Waals surface area contributed by atoms with E-state index >= 15 is 0 Å². The minimum Gasteiger partial charge on any atom is -0.344 e. The van der Waals surface area contributed by atoms with E-state index < -0.39 is 5.91 Å². The van der Waals surface area contributed by atoms with Crippen LogP contribution in [0.25, 0.3) is 22.6 Å². The molecule has 1 N–H and O–H groups in total. The van der Waals surface area contributed by atoms with Gasteiger partial charge in [-0.1, -0.05) is 22.8 Å². The Morgan fingerprint density at radius 1 is 1.32 bits per heavy atom. The lowest BCUT2D eigenvalue weighted by Crippen LogP contribution is -2.36. The molecule has 0 fully saturated rings. The second kappa shape index (κ2) is 8.77. The molecule has 154 valence electrons. The molecule has 0 saturated heterocycles. The fraction of sp³-hybridized carbons (Fsp3) is 0.143. The molecule has 31 heavy (non-hydrogen) atoms. The molecule has 0 spiro atoms. The van der Waals surface area contributed by atoms with Crippen molar-refractivity contribution in [2.45, 2.75) is 19.5 Å². The van der Waals surface area contributed by atoms with Crippen molar-refractivity contribution in [3.8, 4) is 28.7 Å². The van der Waals surface area contributed by atoms with E-state index in [2.05, 4.69) is 25.5 Å². The third-order valence-electron chi connectivity index (χ3n) is 4.40. The molecule has 3 aromatic heterocycles. The summed E-state index contributed by atoms with van der Waals surface area (Å²) in [7, 11) is 0. The molecule has 1 aromatic carbocycles. The number of aromatic nitrogens is 5. The summed E-state index contributed by atoms with van der Waals surface area (Å²) in [6.07, 6.45) is 5.03. The molecule has 9 nitrogen and oxygen atoms in total. The molecule has 0 saturated carbocycles. The minimum absolute atomic E-state index is 0.126. The van der Waals surface area contributed by atoms with Gasteiger partial charge in [0.05, 0.1) is 22.8 Å². The van der Waals surface area contributed by atoms with Crippen molar-refractivity contribution in [3.63, 3.8) is 0 Å². The Morgan fingerprint density at radius 3 is 2.94 bits per heavy atom. The van der Waals surface area contributed by atoms with Crippen LogP contribution in [0.2, 0.25) is 5.02 Å². The number of benzene rings is 1. The molecule has 0 aliphatic rings. The van der Waals surface area contributed by atoms with Crippen LogP contribution in [-0.2, 0) is 6.54 Å². The molecular formula is C21H16ClN7O2. The van der Waals surface area contributed by atoms with E-state index in [1.54, 1.807) is 53.6 Å². The first-order valence-electron chi connectivity index (χ1n) is 9.32. The first-order chi connectivity index (χ1) is 15.0. The summed E-state index contributed by atoms with van der Waals surface area (Å²) in [5.74, 6) is -0.302. The number of amides is 1. The Morgan fingerprint density at radius 2 is 2.19 bits per heavy atom. The summed E-state index contributed by atoms with van der Waals surface area (Å²) < 4.78 is 6.77. The van der Waals surface area contributed by atoms with Gasteiger partial charge in [-0.05, 0) is 37.3 Å². The molecule has 4 aromatic rings. The Labute approximate surface area is 182 Å². The predicted molar refractivity (Wildman–Crippen MR) is 112 cm³/mol. The zero-order valence-corrected chi connectivity index (χ0v) is 17.1. The number of carbonyl (C=O) groups is 1. The highest BCUT2D eigenvalue weighted by Crippen LogP contribution is 2.24. The third-order valence-corrected chi connectivity index (χ3v) is 4.72. The normalized spacial score (nSPS) is 11.6. The van der Waals surface area contributed by atoms with Crippen molar-refractivity contribution >= 4 is 17.5 Å². The van der Waals surface area contributed by atoms with E-state index in [0.29, 0.717) is 34.2 Å². The maximum Gasteiger partial charge on any atom is 0.316 e. The quantitative estimate of drug-likeness (QED) is 0.494. The summed E-state index contributed by atoms with van der Waals surface area (Å²) >= 11 is 6.10. The van der Waals surface area contributed by atoms with E-state index in [4.69, 9.17) is 21.4 Å². The van der Waals surface area contributed by atoms with Gasteiger partial charge in [0.15, 0.2) is 0 Å². The summed E-state index contributed by atoms with van der Waals surface area (Å²) in [5.41, 5.74) is 2.58. The molecular weight excluding hydrogens is 418 g/mol. The number of nitriles is 1. The fourth-order valence-corrected chi connectivity index (χ4v) is 3.14. The van der Waals surface area contributed by atoms with Crippen LogP contribution in [0.15, 0.2) is 59.5 Å². The van der Waals surface area contributed by atoms with Crippen LogP contribution in [0, 0.1) is 11.3 Å². The van der Waals surface area contributed by atoms with Crippen LogP contribution in [-0.4, -0.2) is 36.9 Å². The monoisotopic (exact) mass is 433 g/mol. The van der Waals surface area contributed by atoms with E-state index in [-0.39, 0.29) is 11.9 Å². The summed E-state index contributed by atoms with van der Waals surface area (Å²) in [4.78, 5) is 20.5. The van der Waals surface area contributed by atoms with Gasteiger partial charge in [0.25, 0.3) is 0 Å². The van der Waals surface area contributed by atoms with E-state index in [0.717, 1.165) is 5.56 Å². The van der Waals surface area contributed by atoms with Crippen molar-refractivity contribution in [2.24, 2.45) is 0 Å². The summed E-state index contributed by atoms with van der Waals surface area (Å²) in [6, 6.07) is 12.3. The number of pyridine rings is 1. The average molecular weight is 434 g/mol. The lowest BCUT2D eigenvalue weighted by Gasteiger charge is -2.12. The molecule has 0 aliphatic heterocycles. The number of hydrogen-bond acceptors (Lipinski definition) is 7. The zero-order valence-electron chi connectivity index (χ0n) is 16.4. The maximum atomic E-state index is 12.4. The van der Waals surface area contributed by atoms with Crippen molar-refractivity contribution in [1.82, 2.24) is 30.2 Å². The van der Waals surface area contributed by atoms with Gasteiger partial charge in [0.2, 0.25) is 5.82 Å². The van der Waals surface area contributed by atoms with Crippen molar-refractivity contribution in [3.05, 3.63) is 71.5 Å². The molecule has 0 radical (unpaired) electrons. The van der Waals surface area contributed by atoms with Crippen molar-refractivity contribution in [2.75, 3.05) is 0 Å². The second-order valence-electron chi connectivity index (χ2n) is 6.77. The number of hydrogen-bond donors (Lipinski definition) is 1. The fourth-order valence-electron chi connectivity index (χ4n) is 2.92. The maximum absolute atomic E-state index is 12.4. The molecule has 0 unspecified atom stereocenters. The van der Waals surface area contributed by atoms with Gasteiger partial charge in [-0.2, -0.15) is 15.3 Å². The van der Waals surface area contributed by atoms with Crippen LogP contribution >= 0.6 is 11.6 Å². The minimum atomic E-state index is -0.471. The topological polar surface area (TPSA) is 123 Å². The van der Waals surface area contributed by atoms with Gasteiger partial charge in [0, 0.05) is 35.8 Å². The second-order valence-corrected chi connectivity index (χ2v) is 7.18.